The van der Waals surface area contributed by atoms with Crippen molar-refractivity contribution in [1.29, 1.82) is 0 Å². The van der Waals surface area contributed by atoms with Crippen molar-refractivity contribution in [3.8, 4) is 0 Å². The van der Waals surface area contributed by atoms with E-state index in [0.717, 1.165) is 32.5 Å². The molecule has 1 aliphatic heterocycles. The van der Waals surface area contributed by atoms with Crippen LogP contribution < -0.4 is 5.32 Å². The van der Waals surface area contributed by atoms with E-state index in [0.29, 0.717) is 17.4 Å². The van der Waals surface area contributed by atoms with E-state index < -0.39 is 9.84 Å². The van der Waals surface area contributed by atoms with E-state index >= 15 is 0 Å². The summed E-state index contributed by atoms with van der Waals surface area (Å²) in [6.45, 7) is 7.41. The van der Waals surface area contributed by atoms with Crippen LogP contribution in [0.4, 0.5) is 0 Å². The highest BCUT2D eigenvalue weighted by Gasteiger charge is 2.30. The van der Waals surface area contributed by atoms with Crippen LogP contribution in [0, 0.1) is 5.92 Å². The van der Waals surface area contributed by atoms with Gasteiger partial charge >= 0.3 is 0 Å². The van der Waals surface area contributed by atoms with Gasteiger partial charge in [-0.2, -0.15) is 0 Å². The van der Waals surface area contributed by atoms with E-state index in [4.69, 9.17) is 0 Å². The Morgan fingerprint density at radius 3 is 2.71 bits per heavy atom. The molecule has 0 amide bonds. The van der Waals surface area contributed by atoms with E-state index in [9.17, 15) is 8.42 Å². The van der Waals surface area contributed by atoms with Crippen molar-refractivity contribution in [2.45, 2.75) is 32.7 Å². The van der Waals surface area contributed by atoms with Gasteiger partial charge in [-0.25, -0.2) is 8.42 Å². The van der Waals surface area contributed by atoms with Crippen molar-refractivity contribution in [2.75, 3.05) is 38.2 Å². The minimum atomic E-state index is -2.75. The van der Waals surface area contributed by atoms with Gasteiger partial charge in [0.15, 0.2) is 9.84 Å². The van der Waals surface area contributed by atoms with Crippen LogP contribution in [0.2, 0.25) is 0 Å². The van der Waals surface area contributed by atoms with Crippen molar-refractivity contribution in [2.24, 2.45) is 5.92 Å². The molecule has 1 rings (SSSR count). The molecule has 2 atom stereocenters. The van der Waals surface area contributed by atoms with Gasteiger partial charge in [-0.3, -0.25) is 0 Å². The standard InChI is InChI=1S/C12H26N2O2S/c1-4-6-13-8-11(2)9-14(3)12-5-7-17(15,16)10-12/h11-13H,4-10H2,1-3H3. The monoisotopic (exact) mass is 262 g/mol. The lowest BCUT2D eigenvalue weighted by Crippen LogP contribution is -2.38. The Bertz CT molecular complexity index is 316. The number of sulfone groups is 1. The Morgan fingerprint density at radius 2 is 2.18 bits per heavy atom. The largest absolute Gasteiger partial charge is 0.316 e. The maximum Gasteiger partial charge on any atom is 0.151 e. The molecule has 5 heteroatoms. The number of hydrogen-bond donors (Lipinski definition) is 1. The summed E-state index contributed by atoms with van der Waals surface area (Å²) in [5.74, 6) is 1.28. The van der Waals surface area contributed by atoms with Gasteiger partial charge in [-0.15, -0.1) is 0 Å². The molecule has 2 unspecified atom stereocenters. The second-order valence-electron chi connectivity index (χ2n) is 5.31. The van der Waals surface area contributed by atoms with Gasteiger partial charge in [-0.05, 0) is 38.9 Å². The maximum absolute atomic E-state index is 11.4. The number of hydrogen-bond acceptors (Lipinski definition) is 4. The Kier molecular flexibility index (Phi) is 5.89. The molecule has 0 radical (unpaired) electrons. The first-order chi connectivity index (χ1) is 7.94. The van der Waals surface area contributed by atoms with Gasteiger partial charge in [0.2, 0.25) is 0 Å². The van der Waals surface area contributed by atoms with Crippen LogP contribution >= 0.6 is 0 Å². The molecule has 0 spiro atoms. The molecule has 0 bridgehead atoms. The van der Waals surface area contributed by atoms with Crippen molar-refractivity contribution in [3.05, 3.63) is 0 Å². The Morgan fingerprint density at radius 1 is 1.47 bits per heavy atom. The summed E-state index contributed by atoms with van der Waals surface area (Å²) in [7, 11) is -0.711. The molecular formula is C12H26N2O2S. The van der Waals surface area contributed by atoms with Crippen molar-refractivity contribution < 1.29 is 8.42 Å². The predicted molar refractivity (Wildman–Crippen MR) is 72.0 cm³/mol. The van der Waals surface area contributed by atoms with Gasteiger partial charge in [-0.1, -0.05) is 13.8 Å². The fourth-order valence-corrected chi connectivity index (χ4v) is 4.16. The third-order valence-corrected chi connectivity index (χ3v) is 5.10. The van der Waals surface area contributed by atoms with E-state index in [1.165, 1.54) is 0 Å². The lowest BCUT2D eigenvalue weighted by Gasteiger charge is -2.26. The summed E-state index contributed by atoms with van der Waals surface area (Å²) in [5.41, 5.74) is 0. The Balaban J connectivity index is 2.27. The summed E-state index contributed by atoms with van der Waals surface area (Å²) in [6.07, 6.45) is 1.96. The average Bonchev–Trinajstić information content (AvgIpc) is 2.59. The fourth-order valence-electron chi connectivity index (χ4n) is 2.35. The van der Waals surface area contributed by atoms with Crippen LogP contribution in [-0.4, -0.2) is 57.5 Å². The molecule has 0 aliphatic carbocycles. The molecule has 17 heavy (non-hydrogen) atoms. The second kappa shape index (κ2) is 6.71. The Labute approximate surface area is 106 Å². The number of nitrogens with zero attached hydrogens (tertiary/aromatic N) is 1. The third-order valence-electron chi connectivity index (χ3n) is 3.35. The molecule has 0 aromatic rings. The first kappa shape index (κ1) is 14.9. The van der Waals surface area contributed by atoms with Crippen LogP contribution in [0.15, 0.2) is 0 Å². The minimum Gasteiger partial charge on any atom is -0.316 e. The molecule has 0 aromatic carbocycles. The van der Waals surface area contributed by atoms with E-state index in [2.05, 4.69) is 24.1 Å². The summed E-state index contributed by atoms with van der Waals surface area (Å²) in [6, 6.07) is 0.230. The molecule has 102 valence electrons. The zero-order valence-corrected chi connectivity index (χ0v) is 12.1. The minimum absolute atomic E-state index is 0.230. The summed E-state index contributed by atoms with van der Waals surface area (Å²) in [5, 5.41) is 3.40. The molecule has 1 fully saturated rings. The number of nitrogens with one attached hydrogen (secondary N) is 1. The van der Waals surface area contributed by atoms with Crippen LogP contribution in [0.1, 0.15) is 26.7 Å². The molecule has 1 saturated heterocycles. The van der Waals surface area contributed by atoms with Gasteiger partial charge in [0.05, 0.1) is 11.5 Å². The summed E-state index contributed by atoms with van der Waals surface area (Å²) < 4.78 is 22.8. The van der Waals surface area contributed by atoms with Crippen LogP contribution in [-0.2, 0) is 9.84 Å². The molecule has 0 saturated carbocycles. The third kappa shape index (κ3) is 5.36. The zero-order valence-electron chi connectivity index (χ0n) is 11.3. The van der Waals surface area contributed by atoms with Crippen LogP contribution in [0.25, 0.3) is 0 Å². The zero-order chi connectivity index (χ0) is 12.9. The molecule has 4 nitrogen and oxygen atoms in total. The molecule has 0 aromatic heterocycles. The Hall–Kier alpha value is -0.130. The summed E-state index contributed by atoms with van der Waals surface area (Å²) >= 11 is 0. The molecule has 1 heterocycles. The summed E-state index contributed by atoms with van der Waals surface area (Å²) in [4.78, 5) is 2.21. The predicted octanol–water partition coefficient (Wildman–Crippen LogP) is 0.741. The first-order valence-electron chi connectivity index (χ1n) is 6.56. The highest BCUT2D eigenvalue weighted by Crippen LogP contribution is 2.17. The van der Waals surface area contributed by atoms with Gasteiger partial charge < -0.3 is 10.2 Å². The number of rotatable bonds is 7. The molecule has 1 aliphatic rings. The lowest BCUT2D eigenvalue weighted by atomic mass is 10.1. The average molecular weight is 262 g/mol. The normalized spacial score (nSPS) is 25.3. The first-order valence-corrected chi connectivity index (χ1v) is 8.38. The van der Waals surface area contributed by atoms with Crippen molar-refractivity contribution >= 4 is 9.84 Å². The van der Waals surface area contributed by atoms with Crippen LogP contribution in [0.3, 0.4) is 0 Å². The van der Waals surface area contributed by atoms with Gasteiger partial charge in [0, 0.05) is 12.6 Å². The van der Waals surface area contributed by atoms with E-state index in [1.807, 2.05) is 7.05 Å². The molecule has 1 N–H and O–H groups in total. The fraction of sp³-hybridized carbons (Fsp3) is 1.00. The van der Waals surface area contributed by atoms with Crippen molar-refractivity contribution in [1.82, 2.24) is 10.2 Å². The highest BCUT2D eigenvalue weighted by molar-refractivity contribution is 7.91. The SMILES string of the molecule is CCCNCC(C)CN(C)C1CCS(=O)(=O)C1. The smallest absolute Gasteiger partial charge is 0.151 e. The van der Waals surface area contributed by atoms with Crippen LogP contribution in [0.5, 0.6) is 0 Å². The molecular weight excluding hydrogens is 236 g/mol. The van der Waals surface area contributed by atoms with E-state index in [1.54, 1.807) is 0 Å². The topological polar surface area (TPSA) is 49.4 Å². The quantitative estimate of drug-likeness (QED) is 0.688. The van der Waals surface area contributed by atoms with Crippen molar-refractivity contribution in [3.63, 3.8) is 0 Å². The highest BCUT2D eigenvalue weighted by atomic mass is 32.2. The van der Waals surface area contributed by atoms with E-state index in [-0.39, 0.29) is 6.04 Å². The maximum atomic E-state index is 11.4. The van der Waals surface area contributed by atoms with Gasteiger partial charge in [0.1, 0.15) is 0 Å². The second-order valence-corrected chi connectivity index (χ2v) is 7.53. The van der Waals surface area contributed by atoms with Gasteiger partial charge in [0.25, 0.3) is 0 Å². The lowest BCUT2D eigenvalue weighted by molar-refractivity contribution is 0.225.